The average Bonchev–Trinajstić information content (AvgIpc) is 3.17. The molecule has 2 N–H and O–H groups in total. The number of anilines is 1. The highest BCUT2D eigenvalue weighted by molar-refractivity contribution is 5.93. The molecule has 29 heavy (non-hydrogen) atoms. The van der Waals surface area contributed by atoms with E-state index in [0.29, 0.717) is 32.4 Å². The molecule has 1 saturated heterocycles. The van der Waals surface area contributed by atoms with Crippen LogP contribution in [0.2, 0.25) is 0 Å². The van der Waals surface area contributed by atoms with Gasteiger partial charge >= 0.3 is 0 Å². The molecule has 1 fully saturated rings. The first-order chi connectivity index (χ1) is 14.2. The number of carbonyl (C=O) groups is 2. The normalized spacial score (nSPS) is 14.9. The number of nitrogens with zero attached hydrogens (tertiary/aromatic N) is 1. The third kappa shape index (κ3) is 4.19. The van der Waals surface area contributed by atoms with Gasteiger partial charge in [-0.05, 0) is 42.5 Å². The molecular formula is C24H27N3O2. The van der Waals surface area contributed by atoms with Crippen LogP contribution in [0, 0.1) is 5.92 Å². The van der Waals surface area contributed by atoms with Crippen molar-refractivity contribution in [2.24, 2.45) is 5.92 Å². The first-order valence-corrected chi connectivity index (χ1v) is 10.4. The number of H-pyrrole nitrogens is 1. The number of piperidine rings is 1. The van der Waals surface area contributed by atoms with E-state index in [4.69, 9.17) is 0 Å². The van der Waals surface area contributed by atoms with Gasteiger partial charge in [-0.25, -0.2) is 0 Å². The van der Waals surface area contributed by atoms with Gasteiger partial charge in [0, 0.05) is 41.8 Å². The summed E-state index contributed by atoms with van der Waals surface area (Å²) in [5, 5.41) is 4.19. The zero-order chi connectivity index (χ0) is 20.2. The largest absolute Gasteiger partial charge is 0.361 e. The van der Waals surface area contributed by atoms with Crippen LogP contribution in [-0.4, -0.2) is 34.8 Å². The van der Waals surface area contributed by atoms with Crippen molar-refractivity contribution in [2.45, 2.75) is 32.6 Å². The molecule has 0 atom stereocenters. The summed E-state index contributed by atoms with van der Waals surface area (Å²) in [4.78, 5) is 30.6. The highest BCUT2D eigenvalue weighted by Gasteiger charge is 2.28. The second kappa shape index (κ2) is 8.52. The number of aryl methyl sites for hydroxylation is 1. The lowest BCUT2D eigenvalue weighted by atomic mass is 9.95. The fourth-order valence-electron chi connectivity index (χ4n) is 4.13. The van der Waals surface area contributed by atoms with E-state index in [1.807, 2.05) is 59.6 Å². The molecular weight excluding hydrogens is 362 g/mol. The van der Waals surface area contributed by atoms with Crippen molar-refractivity contribution in [1.29, 1.82) is 0 Å². The zero-order valence-corrected chi connectivity index (χ0v) is 16.8. The van der Waals surface area contributed by atoms with E-state index in [-0.39, 0.29) is 17.7 Å². The summed E-state index contributed by atoms with van der Waals surface area (Å²) in [5.41, 5.74) is 4.13. The number of nitrogens with one attached hydrogen (secondary N) is 2. The molecule has 0 bridgehead atoms. The van der Waals surface area contributed by atoms with Crippen molar-refractivity contribution >= 4 is 28.4 Å². The number of carbonyl (C=O) groups excluding carboxylic acids is 2. The molecule has 1 aromatic heterocycles. The number of para-hydroxylation sites is 2. The lowest BCUT2D eigenvalue weighted by Gasteiger charge is -2.31. The standard InChI is InChI=1S/C24H27N3O2/c1-2-17-7-3-5-9-21(17)26-24(29)18-11-13-27(14-12-18)23(28)15-19-16-25-22-10-6-4-8-20(19)22/h3-10,16,18,25H,2,11-15H2,1H3,(H,26,29). The average molecular weight is 389 g/mol. The highest BCUT2D eigenvalue weighted by atomic mass is 16.2. The number of benzene rings is 2. The van der Waals surface area contributed by atoms with E-state index in [1.54, 1.807) is 0 Å². The molecule has 0 radical (unpaired) electrons. The van der Waals surface area contributed by atoms with Gasteiger partial charge in [0.25, 0.3) is 0 Å². The summed E-state index contributed by atoms with van der Waals surface area (Å²) >= 11 is 0. The Bertz CT molecular complexity index is 1020. The first kappa shape index (κ1) is 19.2. The minimum Gasteiger partial charge on any atom is -0.361 e. The van der Waals surface area contributed by atoms with Gasteiger partial charge < -0.3 is 15.2 Å². The predicted octanol–water partition coefficient (Wildman–Crippen LogP) is 4.15. The molecule has 4 rings (SSSR count). The molecule has 0 aliphatic carbocycles. The van der Waals surface area contributed by atoms with E-state index < -0.39 is 0 Å². The SMILES string of the molecule is CCc1ccccc1NC(=O)C1CCN(C(=O)Cc2c[nH]c3ccccc23)CC1. The number of likely N-dealkylation sites (tertiary alicyclic amines) is 1. The van der Waals surface area contributed by atoms with Crippen molar-refractivity contribution in [1.82, 2.24) is 9.88 Å². The Labute approximate surface area is 171 Å². The second-order valence-corrected chi connectivity index (χ2v) is 7.69. The topological polar surface area (TPSA) is 65.2 Å². The molecule has 3 aromatic rings. The maximum atomic E-state index is 12.8. The Morgan fingerprint density at radius 1 is 1.03 bits per heavy atom. The molecule has 5 nitrogen and oxygen atoms in total. The van der Waals surface area contributed by atoms with Gasteiger partial charge in [-0.15, -0.1) is 0 Å². The van der Waals surface area contributed by atoms with Crippen molar-refractivity contribution in [2.75, 3.05) is 18.4 Å². The van der Waals surface area contributed by atoms with Crippen molar-refractivity contribution < 1.29 is 9.59 Å². The summed E-state index contributed by atoms with van der Waals surface area (Å²) in [6.45, 7) is 3.35. The van der Waals surface area contributed by atoms with E-state index in [0.717, 1.165) is 34.1 Å². The Morgan fingerprint density at radius 2 is 1.76 bits per heavy atom. The summed E-state index contributed by atoms with van der Waals surface area (Å²) in [5.74, 6) is 0.150. The van der Waals surface area contributed by atoms with Crippen LogP contribution in [-0.2, 0) is 22.4 Å². The predicted molar refractivity (Wildman–Crippen MR) is 116 cm³/mol. The van der Waals surface area contributed by atoms with Gasteiger partial charge in [0.1, 0.15) is 0 Å². The van der Waals surface area contributed by atoms with E-state index >= 15 is 0 Å². The Morgan fingerprint density at radius 3 is 2.55 bits per heavy atom. The molecule has 0 unspecified atom stereocenters. The Kier molecular flexibility index (Phi) is 5.65. The highest BCUT2D eigenvalue weighted by Crippen LogP contribution is 2.23. The van der Waals surface area contributed by atoms with Crippen LogP contribution in [0.5, 0.6) is 0 Å². The fraction of sp³-hybridized carbons (Fsp3) is 0.333. The van der Waals surface area contributed by atoms with Gasteiger partial charge in [-0.2, -0.15) is 0 Å². The number of fused-ring (bicyclic) bond motifs is 1. The van der Waals surface area contributed by atoms with E-state index in [9.17, 15) is 9.59 Å². The molecule has 2 amide bonds. The van der Waals surface area contributed by atoms with Crippen LogP contribution in [0.15, 0.2) is 54.7 Å². The molecule has 0 spiro atoms. The number of hydrogen-bond donors (Lipinski definition) is 2. The van der Waals surface area contributed by atoms with Crippen LogP contribution in [0.1, 0.15) is 30.9 Å². The van der Waals surface area contributed by atoms with Crippen molar-refractivity contribution in [3.63, 3.8) is 0 Å². The minimum atomic E-state index is -0.0444. The molecule has 1 aliphatic heterocycles. The number of amides is 2. The Balaban J connectivity index is 1.33. The van der Waals surface area contributed by atoms with Gasteiger partial charge in [0.2, 0.25) is 11.8 Å². The van der Waals surface area contributed by atoms with Crippen LogP contribution >= 0.6 is 0 Å². The summed E-state index contributed by atoms with van der Waals surface area (Å²) in [6.07, 6.45) is 4.62. The maximum absolute atomic E-state index is 12.8. The van der Waals surface area contributed by atoms with E-state index in [1.165, 1.54) is 0 Å². The van der Waals surface area contributed by atoms with Gasteiger partial charge in [-0.1, -0.05) is 43.3 Å². The first-order valence-electron chi connectivity index (χ1n) is 10.4. The number of rotatable bonds is 5. The third-order valence-corrected chi connectivity index (χ3v) is 5.89. The zero-order valence-electron chi connectivity index (χ0n) is 16.8. The van der Waals surface area contributed by atoms with Crippen LogP contribution in [0.4, 0.5) is 5.69 Å². The molecule has 1 aliphatic rings. The summed E-state index contributed by atoms with van der Waals surface area (Å²) in [7, 11) is 0. The minimum absolute atomic E-state index is 0.0444. The monoisotopic (exact) mass is 389 g/mol. The molecule has 2 heterocycles. The molecule has 5 heteroatoms. The lowest BCUT2D eigenvalue weighted by molar-refractivity contribution is -0.133. The lowest BCUT2D eigenvalue weighted by Crippen LogP contribution is -2.42. The van der Waals surface area contributed by atoms with Gasteiger partial charge in [-0.3, -0.25) is 9.59 Å². The summed E-state index contributed by atoms with van der Waals surface area (Å²) in [6, 6.07) is 16.0. The second-order valence-electron chi connectivity index (χ2n) is 7.69. The Hall–Kier alpha value is -3.08. The number of hydrogen-bond acceptors (Lipinski definition) is 2. The number of aromatic nitrogens is 1. The summed E-state index contributed by atoms with van der Waals surface area (Å²) < 4.78 is 0. The molecule has 150 valence electrons. The molecule has 0 saturated carbocycles. The third-order valence-electron chi connectivity index (χ3n) is 5.89. The van der Waals surface area contributed by atoms with E-state index in [2.05, 4.69) is 17.2 Å². The quantitative estimate of drug-likeness (QED) is 0.688. The molecule has 2 aromatic carbocycles. The van der Waals surface area contributed by atoms with Gasteiger partial charge in [0.15, 0.2) is 0 Å². The van der Waals surface area contributed by atoms with Crippen LogP contribution in [0.3, 0.4) is 0 Å². The van der Waals surface area contributed by atoms with Crippen LogP contribution < -0.4 is 5.32 Å². The smallest absolute Gasteiger partial charge is 0.227 e. The van der Waals surface area contributed by atoms with Crippen molar-refractivity contribution in [3.8, 4) is 0 Å². The van der Waals surface area contributed by atoms with Crippen LogP contribution in [0.25, 0.3) is 10.9 Å². The maximum Gasteiger partial charge on any atom is 0.227 e. The number of aromatic amines is 1. The van der Waals surface area contributed by atoms with Gasteiger partial charge in [0.05, 0.1) is 6.42 Å². The fourth-order valence-corrected chi connectivity index (χ4v) is 4.13. The van der Waals surface area contributed by atoms with Crippen molar-refractivity contribution in [3.05, 3.63) is 65.9 Å².